The van der Waals surface area contributed by atoms with Crippen LogP contribution in [0, 0.1) is 5.92 Å². The number of rotatable bonds is 5. The summed E-state index contributed by atoms with van der Waals surface area (Å²) in [5, 5.41) is 0. The van der Waals surface area contributed by atoms with E-state index in [0.717, 1.165) is 6.42 Å². The molecule has 0 unspecified atom stereocenters. The van der Waals surface area contributed by atoms with E-state index in [9.17, 15) is 18.0 Å². The van der Waals surface area contributed by atoms with Crippen LogP contribution in [0.2, 0.25) is 0 Å². The minimum Gasteiger partial charge on any atom is -0.312 e. The predicted octanol–water partition coefficient (Wildman–Crippen LogP) is 2.28. The average Bonchev–Trinajstić information content (AvgIpc) is 2.86. The zero-order valence-corrected chi connectivity index (χ0v) is 16.2. The SMILES string of the molecule is CCN(CC)S(=O)(=O)c1ccc(N2C(=O)[C@@H]3C[C@@H](C)CCN3C2=O)cc1. The second-order valence-corrected chi connectivity index (χ2v) is 8.82. The van der Waals surface area contributed by atoms with Gasteiger partial charge in [0.1, 0.15) is 6.04 Å². The largest absolute Gasteiger partial charge is 0.332 e. The molecule has 0 spiro atoms. The van der Waals surface area contributed by atoms with E-state index >= 15 is 0 Å². The van der Waals surface area contributed by atoms with Crippen molar-refractivity contribution in [3.63, 3.8) is 0 Å². The zero-order chi connectivity index (χ0) is 19.1. The molecule has 2 fully saturated rings. The molecule has 142 valence electrons. The van der Waals surface area contributed by atoms with Crippen molar-refractivity contribution in [1.82, 2.24) is 9.21 Å². The number of carbonyl (C=O) groups is 2. The van der Waals surface area contributed by atoms with Gasteiger partial charge in [0, 0.05) is 19.6 Å². The third-order valence-corrected chi connectivity index (χ3v) is 7.31. The molecular formula is C18H25N3O4S. The molecular weight excluding hydrogens is 354 g/mol. The fraction of sp³-hybridized carbons (Fsp3) is 0.556. The molecule has 1 aromatic rings. The third kappa shape index (κ3) is 3.01. The molecule has 0 N–H and O–H groups in total. The van der Waals surface area contributed by atoms with E-state index in [0.29, 0.717) is 37.7 Å². The van der Waals surface area contributed by atoms with Crippen LogP contribution in [0.3, 0.4) is 0 Å². The van der Waals surface area contributed by atoms with E-state index in [1.807, 2.05) is 0 Å². The average molecular weight is 379 g/mol. The summed E-state index contributed by atoms with van der Waals surface area (Å²) in [7, 11) is -3.56. The zero-order valence-electron chi connectivity index (χ0n) is 15.4. The number of piperidine rings is 1. The summed E-state index contributed by atoms with van der Waals surface area (Å²) in [6.45, 7) is 7.02. The first-order valence-electron chi connectivity index (χ1n) is 9.06. The third-order valence-electron chi connectivity index (χ3n) is 5.25. The first-order valence-corrected chi connectivity index (χ1v) is 10.5. The topological polar surface area (TPSA) is 78.0 Å². The highest BCUT2D eigenvalue weighted by Crippen LogP contribution is 2.33. The number of sulfonamides is 1. The van der Waals surface area contributed by atoms with Gasteiger partial charge in [-0.05, 0) is 43.0 Å². The molecule has 2 saturated heterocycles. The lowest BCUT2D eigenvalue weighted by Gasteiger charge is -2.30. The van der Waals surface area contributed by atoms with E-state index < -0.39 is 16.1 Å². The van der Waals surface area contributed by atoms with Gasteiger partial charge in [-0.15, -0.1) is 0 Å². The molecule has 1 aromatic carbocycles. The monoisotopic (exact) mass is 379 g/mol. The highest BCUT2D eigenvalue weighted by Gasteiger charge is 2.47. The van der Waals surface area contributed by atoms with Crippen molar-refractivity contribution in [2.75, 3.05) is 24.5 Å². The van der Waals surface area contributed by atoms with Crippen LogP contribution in [0.1, 0.15) is 33.6 Å². The van der Waals surface area contributed by atoms with Crippen LogP contribution in [0.25, 0.3) is 0 Å². The number of hydrogen-bond donors (Lipinski definition) is 0. The number of carbonyl (C=O) groups excluding carboxylic acids is 2. The molecule has 2 aliphatic rings. The number of anilines is 1. The van der Waals surface area contributed by atoms with Crippen molar-refractivity contribution in [3.05, 3.63) is 24.3 Å². The lowest BCUT2D eigenvalue weighted by molar-refractivity contribution is -0.120. The lowest BCUT2D eigenvalue weighted by atomic mass is 9.93. The molecule has 7 nitrogen and oxygen atoms in total. The Balaban J connectivity index is 1.87. The van der Waals surface area contributed by atoms with E-state index in [1.165, 1.54) is 33.5 Å². The van der Waals surface area contributed by atoms with Gasteiger partial charge in [0.25, 0.3) is 5.91 Å². The summed E-state index contributed by atoms with van der Waals surface area (Å²) >= 11 is 0. The summed E-state index contributed by atoms with van der Waals surface area (Å²) in [6, 6.07) is 5.28. The Morgan fingerprint density at radius 1 is 1.12 bits per heavy atom. The highest BCUT2D eigenvalue weighted by atomic mass is 32.2. The van der Waals surface area contributed by atoms with Crippen molar-refractivity contribution < 1.29 is 18.0 Å². The van der Waals surface area contributed by atoms with Crippen LogP contribution in [0.15, 0.2) is 29.2 Å². The van der Waals surface area contributed by atoms with E-state index in [-0.39, 0.29) is 16.8 Å². The smallest absolute Gasteiger partial charge is 0.312 e. The Morgan fingerprint density at radius 3 is 2.31 bits per heavy atom. The molecule has 0 radical (unpaired) electrons. The number of fused-ring (bicyclic) bond motifs is 1. The van der Waals surface area contributed by atoms with Crippen molar-refractivity contribution in [2.24, 2.45) is 5.92 Å². The fourth-order valence-electron chi connectivity index (χ4n) is 3.69. The highest BCUT2D eigenvalue weighted by molar-refractivity contribution is 7.89. The Morgan fingerprint density at radius 2 is 1.73 bits per heavy atom. The van der Waals surface area contributed by atoms with Crippen LogP contribution in [0.5, 0.6) is 0 Å². The fourth-order valence-corrected chi connectivity index (χ4v) is 5.15. The maximum Gasteiger partial charge on any atom is 0.332 e. The molecule has 0 aliphatic carbocycles. The van der Waals surface area contributed by atoms with E-state index in [1.54, 1.807) is 18.7 Å². The number of amides is 3. The number of benzene rings is 1. The van der Waals surface area contributed by atoms with Crippen LogP contribution >= 0.6 is 0 Å². The Hall–Kier alpha value is -1.93. The maximum absolute atomic E-state index is 12.7. The van der Waals surface area contributed by atoms with Gasteiger partial charge in [0.05, 0.1) is 10.6 Å². The Bertz CT molecular complexity index is 802. The summed E-state index contributed by atoms with van der Waals surface area (Å²) in [6.07, 6.45) is 1.57. The molecule has 0 aromatic heterocycles. The van der Waals surface area contributed by atoms with E-state index in [4.69, 9.17) is 0 Å². The minimum atomic E-state index is -3.56. The first-order chi connectivity index (χ1) is 12.3. The van der Waals surface area contributed by atoms with Gasteiger partial charge in [-0.25, -0.2) is 18.1 Å². The lowest BCUT2D eigenvalue weighted by Crippen LogP contribution is -2.41. The predicted molar refractivity (Wildman–Crippen MR) is 98.3 cm³/mol. The van der Waals surface area contributed by atoms with Crippen molar-refractivity contribution >= 4 is 27.6 Å². The van der Waals surface area contributed by atoms with E-state index in [2.05, 4.69) is 6.92 Å². The molecule has 26 heavy (non-hydrogen) atoms. The van der Waals surface area contributed by atoms with Gasteiger partial charge < -0.3 is 4.90 Å². The molecule has 8 heteroatoms. The van der Waals surface area contributed by atoms with Gasteiger partial charge >= 0.3 is 6.03 Å². The van der Waals surface area contributed by atoms with Gasteiger partial charge in [-0.1, -0.05) is 20.8 Å². The second-order valence-electron chi connectivity index (χ2n) is 6.88. The Labute approximate surface area is 154 Å². The molecule has 2 atom stereocenters. The summed E-state index contributed by atoms with van der Waals surface area (Å²) < 4.78 is 26.5. The first kappa shape index (κ1) is 18.8. The quantitative estimate of drug-likeness (QED) is 0.736. The normalized spacial score (nSPS) is 23.7. The maximum atomic E-state index is 12.7. The molecule has 0 saturated carbocycles. The van der Waals surface area contributed by atoms with Crippen LogP contribution in [0.4, 0.5) is 10.5 Å². The molecule has 2 heterocycles. The van der Waals surface area contributed by atoms with Crippen LogP contribution in [-0.4, -0.2) is 55.2 Å². The van der Waals surface area contributed by atoms with Crippen LogP contribution in [-0.2, 0) is 14.8 Å². The number of urea groups is 1. The van der Waals surface area contributed by atoms with Crippen LogP contribution < -0.4 is 4.90 Å². The molecule has 3 amide bonds. The van der Waals surface area contributed by atoms with Gasteiger partial charge in [0.15, 0.2) is 0 Å². The number of nitrogens with zero attached hydrogens (tertiary/aromatic N) is 3. The number of hydrogen-bond acceptors (Lipinski definition) is 4. The standard InChI is InChI=1S/C18H25N3O4S/c1-4-19(5-2)26(24,25)15-8-6-14(7-9-15)21-17(22)16-12-13(3)10-11-20(16)18(21)23/h6-9,13,16H,4-5,10-12H2,1-3H3/t13-,16-/m0/s1. The molecule has 3 rings (SSSR count). The minimum absolute atomic E-state index is 0.162. The molecule has 0 bridgehead atoms. The van der Waals surface area contributed by atoms with Gasteiger partial charge in [-0.3, -0.25) is 4.79 Å². The van der Waals surface area contributed by atoms with Crippen molar-refractivity contribution in [3.8, 4) is 0 Å². The van der Waals surface area contributed by atoms with Gasteiger partial charge in [-0.2, -0.15) is 4.31 Å². The summed E-state index contributed by atoms with van der Waals surface area (Å²) in [5.74, 6) is 0.190. The van der Waals surface area contributed by atoms with Crippen molar-refractivity contribution in [2.45, 2.75) is 44.6 Å². The van der Waals surface area contributed by atoms with Gasteiger partial charge in [0.2, 0.25) is 10.0 Å². The second kappa shape index (κ2) is 7.00. The Kier molecular flexibility index (Phi) is 5.07. The summed E-state index contributed by atoms with van der Waals surface area (Å²) in [4.78, 5) is 28.3. The van der Waals surface area contributed by atoms with Crippen molar-refractivity contribution in [1.29, 1.82) is 0 Å². The number of imide groups is 1. The summed E-state index contributed by atoms with van der Waals surface area (Å²) in [5.41, 5.74) is 0.417. The molecule has 2 aliphatic heterocycles.